The van der Waals surface area contributed by atoms with Crippen molar-refractivity contribution in [1.82, 2.24) is 4.40 Å². The van der Waals surface area contributed by atoms with Gasteiger partial charge in [-0.2, -0.15) is 0 Å². The number of nitrogens with zero attached hydrogens (tertiary/aromatic N) is 3. The number of rotatable bonds is 6. The van der Waals surface area contributed by atoms with E-state index >= 15 is 0 Å². The minimum Gasteiger partial charge on any atom is -0.310 e. The number of anilines is 6. The van der Waals surface area contributed by atoms with Gasteiger partial charge in [-0.05, 0) is 141 Å². The molecule has 0 fully saturated rings. The molecule has 3 nitrogen and oxygen atoms in total. The second-order valence-electron chi connectivity index (χ2n) is 20.8. The molecule has 3 heterocycles. The van der Waals surface area contributed by atoms with Gasteiger partial charge < -0.3 is 14.2 Å². The van der Waals surface area contributed by atoms with Crippen molar-refractivity contribution in [3.8, 4) is 0 Å². The van der Waals surface area contributed by atoms with Crippen LogP contribution in [-0.2, 0) is 16.2 Å². The number of fused-ring (bicyclic) bond motifs is 10. The summed E-state index contributed by atoms with van der Waals surface area (Å²) >= 11 is 1.92. The molecule has 0 radical (unpaired) electrons. The quantitative estimate of drug-likeness (QED) is 0.165. The molecule has 4 heteroatoms. The fourth-order valence-corrected chi connectivity index (χ4v) is 11.0. The monoisotopic (exact) mass is 849 g/mol. The zero-order valence-corrected chi connectivity index (χ0v) is 39.2. The lowest BCUT2D eigenvalue weighted by molar-refractivity contribution is 0.590. The first-order chi connectivity index (χ1) is 30.6. The molecule has 0 amide bonds. The Hall–Kier alpha value is -6.62. The maximum atomic E-state index is 2.60. The standard InChI is InChI=1S/C60H55N3S/c1-58(2,3)39-21-27-44(28-22-39)61(42-16-12-10-13-17-42)46-26-20-38-34-51-55-54(48(38)36-46)49-35-41(60(7,8)9)25-32-52(49)63(55)56-50-37-47(31-33-53(50)64-57(51)56)62(43-18-14-11-15-19-43)45-29-23-40(24-30-45)59(4,5)6/h10-37H,1-9H3. The molecule has 0 unspecified atom stereocenters. The summed E-state index contributed by atoms with van der Waals surface area (Å²) in [6, 6.07) is 63.7. The predicted octanol–water partition coefficient (Wildman–Crippen LogP) is 18.0. The van der Waals surface area contributed by atoms with Gasteiger partial charge in [0.25, 0.3) is 0 Å². The molecule has 0 aliphatic heterocycles. The van der Waals surface area contributed by atoms with Gasteiger partial charge in [-0.3, -0.25) is 0 Å². The van der Waals surface area contributed by atoms with Crippen LogP contribution in [0.1, 0.15) is 79.0 Å². The van der Waals surface area contributed by atoms with Gasteiger partial charge in [0.2, 0.25) is 0 Å². The third kappa shape index (κ3) is 6.53. The lowest BCUT2D eigenvalue weighted by Crippen LogP contribution is -2.13. The number of hydrogen-bond donors (Lipinski definition) is 0. The van der Waals surface area contributed by atoms with Crippen LogP contribution in [0.15, 0.2) is 170 Å². The average molecular weight is 850 g/mol. The molecule has 11 rings (SSSR count). The summed E-state index contributed by atoms with van der Waals surface area (Å²) < 4.78 is 5.23. The molecule has 0 saturated carbocycles. The summed E-state index contributed by atoms with van der Waals surface area (Å²) in [4.78, 5) is 4.81. The van der Waals surface area contributed by atoms with Gasteiger partial charge in [-0.1, -0.05) is 135 Å². The van der Waals surface area contributed by atoms with Gasteiger partial charge in [-0.15, -0.1) is 11.3 Å². The van der Waals surface area contributed by atoms with Crippen LogP contribution < -0.4 is 9.80 Å². The zero-order chi connectivity index (χ0) is 44.3. The molecule has 0 spiro atoms. The Bertz CT molecular complexity index is 3520. The molecule has 11 aromatic rings. The van der Waals surface area contributed by atoms with Gasteiger partial charge >= 0.3 is 0 Å². The molecule has 3 aromatic heterocycles. The van der Waals surface area contributed by atoms with Crippen LogP contribution in [0.2, 0.25) is 0 Å². The molecule has 0 N–H and O–H groups in total. The molecule has 0 bridgehead atoms. The maximum Gasteiger partial charge on any atom is 0.0729 e. The van der Waals surface area contributed by atoms with Crippen LogP contribution >= 0.6 is 11.3 Å². The smallest absolute Gasteiger partial charge is 0.0729 e. The van der Waals surface area contributed by atoms with Crippen LogP contribution in [0, 0.1) is 0 Å². The SMILES string of the molecule is CC(C)(C)c1ccc(N(c2ccccc2)c2ccc3cc4c5sc6ccc(N(c7ccccc7)c7ccc(C(C)(C)C)cc7)cc6c5n5c6ccc(C(C)(C)C)cc6c(c3c2)c45)cc1. The highest BCUT2D eigenvalue weighted by atomic mass is 32.1. The second kappa shape index (κ2) is 14.5. The Morgan fingerprint density at radius 1 is 0.375 bits per heavy atom. The minimum absolute atomic E-state index is 0.00422. The first-order valence-electron chi connectivity index (χ1n) is 22.7. The lowest BCUT2D eigenvalue weighted by atomic mass is 9.86. The summed E-state index contributed by atoms with van der Waals surface area (Å²) in [6.45, 7) is 20.6. The maximum absolute atomic E-state index is 2.60. The van der Waals surface area contributed by atoms with Crippen molar-refractivity contribution in [2.45, 2.75) is 78.6 Å². The number of para-hydroxylation sites is 2. The minimum atomic E-state index is -0.00422. The number of aromatic nitrogens is 1. The highest BCUT2D eigenvalue weighted by Gasteiger charge is 2.27. The van der Waals surface area contributed by atoms with E-state index in [1.54, 1.807) is 0 Å². The van der Waals surface area contributed by atoms with Crippen LogP contribution in [0.25, 0.3) is 58.3 Å². The number of thiophene rings is 1. The number of benzene rings is 8. The summed E-state index contributed by atoms with van der Waals surface area (Å²) in [5.74, 6) is 0. The van der Waals surface area contributed by atoms with Gasteiger partial charge in [-0.25, -0.2) is 0 Å². The molecule has 8 aromatic carbocycles. The van der Waals surface area contributed by atoms with E-state index in [0.717, 1.165) is 34.1 Å². The Morgan fingerprint density at radius 2 is 0.844 bits per heavy atom. The van der Waals surface area contributed by atoms with E-state index in [-0.39, 0.29) is 16.2 Å². The third-order valence-electron chi connectivity index (χ3n) is 13.3. The molecule has 0 saturated heterocycles. The second-order valence-corrected chi connectivity index (χ2v) is 21.8. The first-order valence-corrected chi connectivity index (χ1v) is 23.5. The molecule has 0 aliphatic rings. The van der Waals surface area contributed by atoms with Crippen molar-refractivity contribution in [1.29, 1.82) is 0 Å². The van der Waals surface area contributed by atoms with E-state index < -0.39 is 0 Å². The van der Waals surface area contributed by atoms with Crippen LogP contribution in [0.3, 0.4) is 0 Å². The van der Waals surface area contributed by atoms with Crippen molar-refractivity contribution >= 4 is 104 Å². The normalized spacial score (nSPS) is 12.8. The van der Waals surface area contributed by atoms with E-state index in [2.05, 4.69) is 246 Å². The van der Waals surface area contributed by atoms with Gasteiger partial charge in [0.1, 0.15) is 0 Å². The van der Waals surface area contributed by atoms with Gasteiger partial charge in [0.05, 0.1) is 21.3 Å². The van der Waals surface area contributed by atoms with Gasteiger partial charge in [0.15, 0.2) is 0 Å². The highest BCUT2D eigenvalue weighted by molar-refractivity contribution is 7.26. The largest absolute Gasteiger partial charge is 0.310 e. The van der Waals surface area contributed by atoms with Crippen LogP contribution in [-0.4, -0.2) is 4.40 Å². The Kier molecular flexibility index (Phi) is 9.07. The van der Waals surface area contributed by atoms with Crippen molar-refractivity contribution in [3.05, 3.63) is 187 Å². The summed E-state index contributed by atoms with van der Waals surface area (Å²) in [6.07, 6.45) is 0. The topological polar surface area (TPSA) is 10.9 Å². The first kappa shape index (κ1) is 40.2. The van der Waals surface area contributed by atoms with E-state index in [0.29, 0.717) is 0 Å². The third-order valence-corrected chi connectivity index (χ3v) is 14.5. The Labute approximate surface area is 381 Å². The van der Waals surface area contributed by atoms with Crippen LogP contribution in [0.5, 0.6) is 0 Å². The summed E-state index contributed by atoms with van der Waals surface area (Å²) in [5.41, 5.74) is 14.8. The Balaban J connectivity index is 1.17. The van der Waals surface area contributed by atoms with E-state index in [4.69, 9.17) is 0 Å². The van der Waals surface area contributed by atoms with Crippen LogP contribution in [0.4, 0.5) is 34.1 Å². The summed E-state index contributed by atoms with van der Waals surface area (Å²) in [5, 5.41) is 7.74. The van der Waals surface area contributed by atoms with E-state index in [9.17, 15) is 0 Å². The molecular formula is C60H55N3S. The molecule has 0 aliphatic carbocycles. The van der Waals surface area contributed by atoms with Gasteiger partial charge in [0, 0.05) is 60.4 Å². The number of hydrogen-bond acceptors (Lipinski definition) is 3. The van der Waals surface area contributed by atoms with Crippen molar-refractivity contribution < 1.29 is 0 Å². The Morgan fingerprint density at radius 3 is 1.38 bits per heavy atom. The zero-order valence-electron chi connectivity index (χ0n) is 38.4. The predicted molar refractivity (Wildman–Crippen MR) is 279 cm³/mol. The fraction of sp³-hybridized carbons (Fsp3) is 0.200. The lowest BCUT2D eigenvalue weighted by Gasteiger charge is -2.27. The highest BCUT2D eigenvalue weighted by Crippen LogP contribution is 2.50. The molecular weight excluding hydrogens is 795 g/mol. The average Bonchev–Trinajstić information content (AvgIpc) is 3.92. The fourth-order valence-electron chi connectivity index (χ4n) is 9.83. The van der Waals surface area contributed by atoms with E-state index in [1.807, 2.05) is 11.3 Å². The molecule has 0 atom stereocenters. The van der Waals surface area contributed by atoms with Crippen molar-refractivity contribution in [2.24, 2.45) is 0 Å². The summed E-state index contributed by atoms with van der Waals surface area (Å²) in [7, 11) is 0. The molecule has 316 valence electrons. The van der Waals surface area contributed by atoms with Crippen molar-refractivity contribution in [3.63, 3.8) is 0 Å². The molecule has 64 heavy (non-hydrogen) atoms. The van der Waals surface area contributed by atoms with Crippen molar-refractivity contribution in [2.75, 3.05) is 9.80 Å². The van der Waals surface area contributed by atoms with E-state index in [1.165, 1.54) is 75.0 Å².